The van der Waals surface area contributed by atoms with E-state index in [2.05, 4.69) is 41.5 Å². The summed E-state index contributed by atoms with van der Waals surface area (Å²) in [4.78, 5) is 25.2. The lowest BCUT2D eigenvalue weighted by Crippen LogP contribution is -2.46. The van der Waals surface area contributed by atoms with Crippen LogP contribution in [0.1, 0.15) is 131 Å². The van der Waals surface area contributed by atoms with E-state index >= 15 is 0 Å². The Morgan fingerprint density at radius 1 is 0.522 bits per heavy atom. The van der Waals surface area contributed by atoms with Crippen molar-refractivity contribution in [3.8, 4) is 0 Å². The van der Waals surface area contributed by atoms with E-state index < -0.39 is 0 Å². The second-order valence-electron chi connectivity index (χ2n) is 16.4. The van der Waals surface area contributed by atoms with Gasteiger partial charge in [0.25, 0.3) is 0 Å². The van der Waals surface area contributed by atoms with Crippen LogP contribution in [0.2, 0.25) is 0 Å². The fourth-order valence-electron chi connectivity index (χ4n) is 10.9. The molecule has 4 rings (SSSR count). The van der Waals surface area contributed by atoms with Crippen molar-refractivity contribution in [2.24, 2.45) is 71.0 Å². The van der Waals surface area contributed by atoms with Crippen molar-refractivity contribution in [1.29, 1.82) is 0 Å². The minimum absolute atomic E-state index is 0.00783. The van der Waals surface area contributed by atoms with Gasteiger partial charge in [-0.15, -0.1) is 0 Å². The van der Waals surface area contributed by atoms with Gasteiger partial charge in [0.15, 0.2) is 0 Å². The summed E-state index contributed by atoms with van der Waals surface area (Å²) in [5.74, 6) is 6.86. The Morgan fingerprint density at radius 2 is 0.870 bits per heavy atom. The summed E-state index contributed by atoms with van der Waals surface area (Å²) in [5, 5.41) is 0. The maximum atomic E-state index is 12.6. The van der Waals surface area contributed by atoms with Gasteiger partial charge in [-0.3, -0.25) is 9.59 Å². The fourth-order valence-corrected chi connectivity index (χ4v) is 10.9. The number of methoxy groups -OCH3 is 2. The van der Waals surface area contributed by atoms with Crippen LogP contribution in [0.25, 0.3) is 0 Å². The number of unbranched alkanes of at least 4 members (excludes halogenated alkanes) is 2. The van der Waals surface area contributed by atoms with Crippen molar-refractivity contribution in [2.75, 3.05) is 27.4 Å². The van der Waals surface area contributed by atoms with Crippen LogP contribution in [0, 0.1) is 71.0 Å². The van der Waals surface area contributed by atoms with Gasteiger partial charge in [0.2, 0.25) is 0 Å². The molecule has 0 N–H and O–H groups in total. The summed E-state index contributed by atoms with van der Waals surface area (Å²) >= 11 is 0. The average Bonchev–Trinajstić information content (AvgIpc) is 3.06. The van der Waals surface area contributed by atoms with E-state index in [4.69, 9.17) is 18.9 Å². The SMILES string of the molecule is CCCCOC1CC(C2CC(C)C(C3CC(C)C(C4CCC(C(=O)OC)C(OCCCC)C4)CC3C)CC2C)CCC1C(=O)OC. The highest BCUT2D eigenvalue weighted by molar-refractivity contribution is 5.73. The van der Waals surface area contributed by atoms with E-state index in [1.54, 1.807) is 0 Å². The molecule has 4 aliphatic rings. The standard InChI is InChI=1S/C40H70O6/c1-9-11-17-45-37-23-29(13-15-31(37)39(41)43-7)33-19-27(5)35(21-25(33)3)36-22-26(4)34(20-28(36)6)30-14-16-32(40(42)44-8)38(24-30)46-18-12-10-2/h25-38H,9-24H2,1-8H3. The summed E-state index contributed by atoms with van der Waals surface area (Å²) < 4.78 is 23.1. The third-order valence-corrected chi connectivity index (χ3v) is 13.6. The maximum Gasteiger partial charge on any atom is 0.311 e. The van der Waals surface area contributed by atoms with Crippen LogP contribution in [-0.2, 0) is 28.5 Å². The van der Waals surface area contributed by atoms with E-state index in [9.17, 15) is 9.59 Å². The van der Waals surface area contributed by atoms with Crippen molar-refractivity contribution < 1.29 is 28.5 Å². The van der Waals surface area contributed by atoms with Gasteiger partial charge < -0.3 is 18.9 Å². The first-order valence-electron chi connectivity index (χ1n) is 19.5. The molecule has 0 aromatic heterocycles. The zero-order valence-electron chi connectivity index (χ0n) is 30.8. The molecule has 0 amide bonds. The van der Waals surface area contributed by atoms with Crippen molar-refractivity contribution in [1.82, 2.24) is 0 Å². The molecule has 266 valence electrons. The van der Waals surface area contributed by atoms with Crippen LogP contribution >= 0.6 is 0 Å². The average molecular weight is 647 g/mol. The molecular weight excluding hydrogens is 576 g/mol. The third-order valence-electron chi connectivity index (χ3n) is 13.6. The number of esters is 2. The third kappa shape index (κ3) is 9.10. The lowest BCUT2D eigenvalue weighted by Gasteiger charge is -2.52. The molecule has 4 fully saturated rings. The second-order valence-corrected chi connectivity index (χ2v) is 16.4. The van der Waals surface area contributed by atoms with Crippen molar-refractivity contribution >= 4 is 11.9 Å². The van der Waals surface area contributed by atoms with Crippen LogP contribution in [0.5, 0.6) is 0 Å². The molecule has 4 aliphatic carbocycles. The molecule has 0 radical (unpaired) electrons. The summed E-state index contributed by atoms with van der Waals surface area (Å²) in [6.45, 7) is 16.0. The molecular formula is C40H70O6. The van der Waals surface area contributed by atoms with Crippen LogP contribution in [-0.4, -0.2) is 51.6 Å². The fraction of sp³-hybridized carbons (Fsp3) is 0.950. The first-order chi connectivity index (χ1) is 22.1. The first kappa shape index (κ1) is 37.7. The zero-order chi connectivity index (χ0) is 33.4. The van der Waals surface area contributed by atoms with Crippen molar-refractivity contribution in [3.63, 3.8) is 0 Å². The molecule has 14 unspecified atom stereocenters. The molecule has 46 heavy (non-hydrogen) atoms. The van der Waals surface area contributed by atoms with Gasteiger partial charge in [0.1, 0.15) is 0 Å². The van der Waals surface area contributed by atoms with Crippen LogP contribution in [0.4, 0.5) is 0 Å². The number of ether oxygens (including phenoxy) is 4. The van der Waals surface area contributed by atoms with Crippen LogP contribution in [0.15, 0.2) is 0 Å². The quantitative estimate of drug-likeness (QED) is 0.147. The van der Waals surface area contributed by atoms with E-state index in [0.717, 1.165) is 113 Å². The van der Waals surface area contributed by atoms with E-state index in [1.165, 1.54) is 39.9 Å². The van der Waals surface area contributed by atoms with Crippen LogP contribution < -0.4 is 0 Å². The number of hydrogen-bond donors (Lipinski definition) is 0. The normalized spacial score (nSPS) is 41.9. The monoisotopic (exact) mass is 647 g/mol. The first-order valence-corrected chi connectivity index (χ1v) is 19.5. The molecule has 6 heteroatoms. The van der Waals surface area contributed by atoms with Gasteiger partial charge in [0, 0.05) is 13.2 Å². The van der Waals surface area contributed by atoms with Gasteiger partial charge in [-0.2, -0.15) is 0 Å². The highest BCUT2D eigenvalue weighted by Crippen LogP contribution is 2.54. The molecule has 14 atom stereocenters. The Labute approximate surface area is 282 Å². The van der Waals surface area contributed by atoms with Gasteiger partial charge in [0.05, 0.1) is 38.3 Å². The van der Waals surface area contributed by atoms with Crippen molar-refractivity contribution in [3.05, 3.63) is 0 Å². The Balaban J connectivity index is 1.35. The molecule has 6 nitrogen and oxygen atoms in total. The zero-order valence-corrected chi connectivity index (χ0v) is 30.8. The Kier molecular flexibility index (Phi) is 14.8. The molecule has 0 bridgehead atoms. The van der Waals surface area contributed by atoms with Crippen molar-refractivity contribution in [2.45, 2.75) is 144 Å². The highest BCUT2D eigenvalue weighted by atomic mass is 16.5. The molecule has 0 saturated heterocycles. The molecule has 4 saturated carbocycles. The smallest absolute Gasteiger partial charge is 0.311 e. The van der Waals surface area contributed by atoms with Gasteiger partial charge in [-0.25, -0.2) is 0 Å². The van der Waals surface area contributed by atoms with Crippen LogP contribution in [0.3, 0.4) is 0 Å². The summed E-state index contributed by atoms with van der Waals surface area (Å²) in [6.07, 6.45) is 15.7. The Hall–Kier alpha value is -1.14. The predicted octanol–water partition coefficient (Wildman–Crippen LogP) is 9.13. The summed E-state index contributed by atoms with van der Waals surface area (Å²) in [5.41, 5.74) is 0. The molecule has 0 heterocycles. The molecule has 0 aromatic rings. The van der Waals surface area contributed by atoms with E-state index in [0.29, 0.717) is 23.7 Å². The van der Waals surface area contributed by atoms with Gasteiger partial charge >= 0.3 is 11.9 Å². The summed E-state index contributed by atoms with van der Waals surface area (Å²) in [6, 6.07) is 0. The molecule has 0 aliphatic heterocycles. The number of hydrogen-bond acceptors (Lipinski definition) is 6. The molecule has 0 spiro atoms. The number of carbonyl (C=O) groups is 2. The Bertz CT molecular complexity index is 863. The minimum Gasteiger partial charge on any atom is -0.469 e. The van der Waals surface area contributed by atoms with E-state index in [-0.39, 0.29) is 36.0 Å². The number of rotatable bonds is 13. The molecule has 0 aromatic carbocycles. The lowest BCUT2D eigenvalue weighted by molar-refractivity contribution is -0.157. The second kappa shape index (κ2) is 18.0. The van der Waals surface area contributed by atoms with E-state index in [1.807, 2.05) is 0 Å². The summed E-state index contributed by atoms with van der Waals surface area (Å²) in [7, 11) is 3.04. The maximum absolute atomic E-state index is 12.6. The predicted molar refractivity (Wildman–Crippen MR) is 184 cm³/mol. The van der Waals surface area contributed by atoms with Gasteiger partial charge in [-0.1, -0.05) is 54.4 Å². The largest absolute Gasteiger partial charge is 0.469 e. The highest BCUT2D eigenvalue weighted by Gasteiger charge is 2.48. The lowest BCUT2D eigenvalue weighted by atomic mass is 9.54. The topological polar surface area (TPSA) is 71.1 Å². The number of carbonyl (C=O) groups excluding carboxylic acids is 2. The Morgan fingerprint density at radius 3 is 1.22 bits per heavy atom. The van der Waals surface area contributed by atoms with Gasteiger partial charge in [-0.05, 0) is 136 Å². The minimum atomic E-state index is -0.103.